The molecule has 0 spiro atoms. The highest BCUT2D eigenvalue weighted by atomic mass is 32.2. The van der Waals surface area contributed by atoms with Gasteiger partial charge in [0.05, 0.1) is 30.2 Å². The third-order valence-electron chi connectivity index (χ3n) is 8.66. The van der Waals surface area contributed by atoms with Crippen molar-refractivity contribution in [3.63, 3.8) is 0 Å². The second-order valence-corrected chi connectivity index (χ2v) is 15.0. The summed E-state index contributed by atoms with van der Waals surface area (Å²) in [6, 6.07) is 4.02. The van der Waals surface area contributed by atoms with Crippen molar-refractivity contribution in [2.45, 2.75) is 56.5 Å². The first-order valence-corrected chi connectivity index (χ1v) is 17.9. The van der Waals surface area contributed by atoms with Gasteiger partial charge in [-0.05, 0) is 38.1 Å². The highest BCUT2D eigenvalue weighted by molar-refractivity contribution is 7.99. The number of β-amino-alcohol motifs (C(OH)–C–C–N with tert-alkyl or cyclic N) is 1. The first-order valence-electron chi connectivity index (χ1n) is 15.1. The zero-order chi connectivity index (χ0) is 31.6. The number of rotatable bonds is 10. The van der Waals surface area contributed by atoms with E-state index in [9.17, 15) is 31.5 Å². The van der Waals surface area contributed by atoms with E-state index in [2.05, 4.69) is 9.80 Å². The zero-order valence-corrected chi connectivity index (χ0v) is 26.9. The minimum atomic E-state index is -4.51. The number of thioether (sulfide) groups is 1. The van der Waals surface area contributed by atoms with E-state index in [1.807, 2.05) is 0 Å². The molecule has 1 aromatic carbocycles. The van der Waals surface area contributed by atoms with Crippen LogP contribution in [-0.2, 0) is 40.5 Å². The normalized spacial score (nSPS) is 19.8. The van der Waals surface area contributed by atoms with Crippen LogP contribution in [0.4, 0.5) is 13.2 Å². The number of carbonyl (C=O) groups excluding carboxylic acids is 1. The lowest BCUT2D eigenvalue weighted by atomic mass is 10.0. The van der Waals surface area contributed by atoms with Crippen molar-refractivity contribution in [3.8, 4) is 11.3 Å². The van der Waals surface area contributed by atoms with Gasteiger partial charge in [0, 0.05) is 93.2 Å². The molecule has 0 saturated carbocycles. The molecular formula is C29H41F3N6O4S2. The number of alkyl halides is 3. The van der Waals surface area contributed by atoms with Crippen LogP contribution in [0.3, 0.4) is 0 Å². The number of carbonyl (C=O) groups is 1. The highest BCUT2D eigenvalue weighted by Crippen LogP contribution is 2.40. The molecule has 15 heteroatoms. The van der Waals surface area contributed by atoms with Gasteiger partial charge in [0.1, 0.15) is 0 Å². The smallest absolute Gasteiger partial charge is 0.390 e. The van der Waals surface area contributed by atoms with Crippen molar-refractivity contribution in [1.29, 1.82) is 0 Å². The Morgan fingerprint density at radius 3 is 2.39 bits per heavy atom. The summed E-state index contributed by atoms with van der Waals surface area (Å²) in [6.07, 6.45) is -1.56. The first kappa shape index (κ1) is 33.2. The molecule has 1 amide bonds. The van der Waals surface area contributed by atoms with E-state index in [4.69, 9.17) is 5.10 Å². The van der Waals surface area contributed by atoms with Crippen LogP contribution in [0.25, 0.3) is 11.3 Å². The molecule has 1 unspecified atom stereocenters. The maximum absolute atomic E-state index is 14.0. The van der Waals surface area contributed by atoms with Gasteiger partial charge in [-0.1, -0.05) is 6.07 Å². The molecule has 3 aliphatic rings. The summed E-state index contributed by atoms with van der Waals surface area (Å²) in [6.45, 7) is 7.51. The monoisotopic (exact) mass is 658 g/mol. The van der Waals surface area contributed by atoms with Crippen molar-refractivity contribution in [1.82, 2.24) is 28.8 Å². The number of hydrogen-bond acceptors (Lipinski definition) is 8. The van der Waals surface area contributed by atoms with Crippen LogP contribution in [0.1, 0.15) is 36.6 Å². The summed E-state index contributed by atoms with van der Waals surface area (Å²) < 4.78 is 69.9. The fourth-order valence-electron chi connectivity index (χ4n) is 6.25. The Labute approximate surface area is 261 Å². The standard InChI is InChI=1S/C29H41F3N6O4S2/c1-21(39)36-13-11-35(12-14-36)18-23(40)19-38-26-7-10-37(44(2,41)42)20-24(26)28(33-38)22-5-6-25(29(30,31)32)27(17-22)43-16-15-34-8-3-4-9-34/h5-6,17,23,40H,3-4,7-16,18-20H2,1-2H3. The molecule has 2 aromatic rings. The van der Waals surface area contributed by atoms with Gasteiger partial charge in [0.25, 0.3) is 0 Å². The lowest BCUT2D eigenvalue weighted by Gasteiger charge is -2.35. The van der Waals surface area contributed by atoms with Gasteiger partial charge in [-0.3, -0.25) is 14.4 Å². The van der Waals surface area contributed by atoms with Gasteiger partial charge in [0.2, 0.25) is 15.9 Å². The fraction of sp³-hybridized carbons (Fsp3) is 0.655. The Balaban J connectivity index is 1.41. The van der Waals surface area contributed by atoms with Gasteiger partial charge in [0.15, 0.2) is 0 Å². The summed E-state index contributed by atoms with van der Waals surface area (Å²) in [7, 11) is -3.51. The number of aliphatic hydroxyl groups is 1. The number of aliphatic hydroxyl groups excluding tert-OH is 1. The molecule has 4 heterocycles. The quantitative estimate of drug-likeness (QED) is 0.389. The number of likely N-dealkylation sites (tertiary alicyclic amines) is 1. The predicted octanol–water partition coefficient (Wildman–Crippen LogP) is 2.60. The van der Waals surface area contributed by atoms with E-state index in [0.29, 0.717) is 68.3 Å². The molecule has 2 saturated heterocycles. The molecule has 244 valence electrons. The molecule has 0 bridgehead atoms. The molecule has 1 N–H and O–H groups in total. The Bertz CT molecular complexity index is 1440. The number of amides is 1. The van der Waals surface area contributed by atoms with E-state index in [0.717, 1.165) is 43.9 Å². The topological polar surface area (TPSA) is 102 Å². The van der Waals surface area contributed by atoms with E-state index < -0.39 is 27.9 Å². The Kier molecular flexibility index (Phi) is 10.3. The summed E-state index contributed by atoms with van der Waals surface area (Å²) in [5.74, 6) is 0.550. The van der Waals surface area contributed by atoms with Gasteiger partial charge in [-0.25, -0.2) is 8.42 Å². The Morgan fingerprint density at radius 1 is 1.05 bits per heavy atom. The SMILES string of the molecule is CC(=O)N1CCN(CC(O)Cn2nc(-c3ccc(C(F)(F)F)c(SCCN4CCCC4)c3)c3c2CCN(S(C)(=O)=O)C3)CC1. The molecule has 3 aliphatic heterocycles. The van der Waals surface area contributed by atoms with Crippen LogP contribution in [0.15, 0.2) is 23.1 Å². The Hall–Kier alpha value is -2.17. The Morgan fingerprint density at radius 2 is 1.75 bits per heavy atom. The van der Waals surface area contributed by atoms with Gasteiger partial charge in [-0.2, -0.15) is 22.6 Å². The first-order chi connectivity index (χ1) is 20.8. The number of sulfonamides is 1. The average molecular weight is 659 g/mol. The van der Waals surface area contributed by atoms with Crippen LogP contribution in [0.5, 0.6) is 0 Å². The lowest BCUT2D eigenvalue weighted by molar-refractivity contribution is -0.139. The van der Waals surface area contributed by atoms with Crippen molar-refractivity contribution in [3.05, 3.63) is 35.0 Å². The lowest BCUT2D eigenvalue weighted by Crippen LogP contribution is -2.50. The van der Waals surface area contributed by atoms with Crippen molar-refractivity contribution in [2.24, 2.45) is 0 Å². The minimum absolute atomic E-state index is 0.0282. The highest BCUT2D eigenvalue weighted by Gasteiger charge is 2.35. The summed E-state index contributed by atoms with van der Waals surface area (Å²) in [5.41, 5.74) is 1.66. The maximum atomic E-state index is 14.0. The van der Waals surface area contributed by atoms with Gasteiger partial charge in [-0.15, -0.1) is 11.8 Å². The van der Waals surface area contributed by atoms with E-state index in [1.165, 1.54) is 28.2 Å². The van der Waals surface area contributed by atoms with Crippen LogP contribution < -0.4 is 0 Å². The molecule has 1 aromatic heterocycles. The van der Waals surface area contributed by atoms with Crippen LogP contribution in [-0.4, -0.2) is 125 Å². The number of piperazine rings is 1. The van der Waals surface area contributed by atoms with Crippen molar-refractivity contribution in [2.75, 3.05) is 70.9 Å². The molecule has 0 aliphatic carbocycles. The van der Waals surface area contributed by atoms with Crippen LogP contribution in [0.2, 0.25) is 0 Å². The number of nitrogens with zero attached hydrogens (tertiary/aromatic N) is 6. The van der Waals surface area contributed by atoms with Crippen LogP contribution >= 0.6 is 11.8 Å². The van der Waals surface area contributed by atoms with Gasteiger partial charge < -0.3 is 14.9 Å². The van der Waals surface area contributed by atoms with Crippen molar-refractivity contribution >= 4 is 27.7 Å². The molecule has 10 nitrogen and oxygen atoms in total. The largest absolute Gasteiger partial charge is 0.417 e. The second kappa shape index (κ2) is 13.7. The number of halogens is 3. The van der Waals surface area contributed by atoms with Crippen LogP contribution in [0, 0.1) is 0 Å². The summed E-state index contributed by atoms with van der Waals surface area (Å²) in [4.78, 5) is 17.9. The molecule has 5 rings (SSSR count). The zero-order valence-electron chi connectivity index (χ0n) is 25.2. The van der Waals surface area contributed by atoms with E-state index >= 15 is 0 Å². The summed E-state index contributed by atoms with van der Waals surface area (Å²) in [5, 5.41) is 15.8. The third kappa shape index (κ3) is 7.97. The van der Waals surface area contributed by atoms with Gasteiger partial charge >= 0.3 is 6.18 Å². The third-order valence-corrected chi connectivity index (χ3v) is 10.9. The number of aromatic nitrogens is 2. The van der Waals surface area contributed by atoms with E-state index in [1.54, 1.807) is 16.5 Å². The van der Waals surface area contributed by atoms with E-state index in [-0.39, 0.29) is 30.4 Å². The molecular weight excluding hydrogens is 617 g/mol. The molecule has 2 fully saturated rings. The predicted molar refractivity (Wildman–Crippen MR) is 163 cm³/mol. The molecule has 1 atom stereocenters. The number of benzene rings is 1. The molecule has 0 radical (unpaired) electrons. The fourth-order valence-corrected chi connectivity index (χ4v) is 8.15. The number of fused-ring (bicyclic) bond motifs is 1. The van der Waals surface area contributed by atoms with Crippen molar-refractivity contribution < 1.29 is 31.5 Å². The molecule has 44 heavy (non-hydrogen) atoms. The maximum Gasteiger partial charge on any atom is 0.417 e. The minimum Gasteiger partial charge on any atom is -0.390 e. The second-order valence-electron chi connectivity index (χ2n) is 11.9. The summed E-state index contributed by atoms with van der Waals surface area (Å²) >= 11 is 1.18. The average Bonchev–Trinajstić information content (AvgIpc) is 3.60. The number of hydrogen-bond donors (Lipinski definition) is 1.